The van der Waals surface area contributed by atoms with Crippen LogP contribution in [0.3, 0.4) is 0 Å². The van der Waals surface area contributed by atoms with Crippen LogP contribution < -0.4 is 10.2 Å². The van der Waals surface area contributed by atoms with Crippen LogP contribution in [-0.2, 0) is 0 Å². The Kier molecular flexibility index (Phi) is 4.57. The fourth-order valence-electron chi connectivity index (χ4n) is 2.93. The largest absolute Gasteiger partial charge is 0.466 e. The zero-order valence-electron chi connectivity index (χ0n) is 13.3. The highest BCUT2D eigenvalue weighted by molar-refractivity contribution is 6.30. The first kappa shape index (κ1) is 15.9. The Bertz CT molecular complexity index is 688. The molecule has 6 heteroatoms. The summed E-state index contributed by atoms with van der Waals surface area (Å²) in [5, 5.41) is 3.74. The van der Waals surface area contributed by atoms with Crippen molar-refractivity contribution in [2.75, 3.05) is 18.0 Å². The maximum absolute atomic E-state index is 12.3. The van der Waals surface area contributed by atoms with Crippen molar-refractivity contribution < 1.29 is 9.21 Å². The molecule has 0 atom stereocenters. The summed E-state index contributed by atoms with van der Waals surface area (Å²) in [5.74, 6) is 2.31. The van der Waals surface area contributed by atoms with E-state index in [0.29, 0.717) is 16.3 Å². The quantitative estimate of drug-likeness (QED) is 0.935. The summed E-state index contributed by atoms with van der Waals surface area (Å²) in [7, 11) is 0. The Morgan fingerprint density at radius 1 is 1.35 bits per heavy atom. The molecule has 0 aromatic carbocycles. The average molecular weight is 334 g/mol. The number of anilines is 1. The Hall–Kier alpha value is -2.01. The molecular weight excluding hydrogens is 314 g/mol. The van der Waals surface area contributed by atoms with Crippen LogP contribution in [0.25, 0.3) is 0 Å². The smallest absolute Gasteiger partial charge is 0.255 e. The van der Waals surface area contributed by atoms with Crippen LogP contribution in [0.2, 0.25) is 5.02 Å². The topological polar surface area (TPSA) is 58.4 Å². The van der Waals surface area contributed by atoms with E-state index in [1.54, 1.807) is 12.3 Å². The average Bonchev–Trinajstić information content (AvgIpc) is 2.88. The van der Waals surface area contributed by atoms with Gasteiger partial charge in [0.2, 0.25) is 0 Å². The van der Waals surface area contributed by atoms with Gasteiger partial charge >= 0.3 is 0 Å². The van der Waals surface area contributed by atoms with Gasteiger partial charge in [0.1, 0.15) is 17.3 Å². The molecule has 0 aliphatic carbocycles. The van der Waals surface area contributed by atoms with Crippen LogP contribution in [-0.4, -0.2) is 30.0 Å². The Labute approximate surface area is 140 Å². The van der Waals surface area contributed by atoms with Crippen LogP contribution in [0.5, 0.6) is 0 Å². The molecular formula is C17H20ClN3O2. The number of piperidine rings is 1. The number of nitrogens with zero attached hydrogens (tertiary/aromatic N) is 2. The fraction of sp³-hybridized carbons (Fsp3) is 0.412. The second-order valence-corrected chi connectivity index (χ2v) is 6.33. The third-order valence-electron chi connectivity index (χ3n) is 4.15. The number of carbonyl (C=O) groups is 1. The molecule has 0 unspecified atom stereocenters. The van der Waals surface area contributed by atoms with E-state index in [0.717, 1.165) is 37.5 Å². The number of hydrogen-bond donors (Lipinski definition) is 1. The number of furan rings is 1. The Balaban J connectivity index is 1.56. The van der Waals surface area contributed by atoms with Crippen LogP contribution in [0.15, 0.2) is 28.8 Å². The number of hydrogen-bond acceptors (Lipinski definition) is 4. The lowest BCUT2D eigenvalue weighted by Gasteiger charge is -2.33. The molecule has 23 heavy (non-hydrogen) atoms. The van der Waals surface area contributed by atoms with Crippen molar-refractivity contribution in [1.29, 1.82) is 0 Å². The van der Waals surface area contributed by atoms with Crippen molar-refractivity contribution in [1.82, 2.24) is 10.3 Å². The summed E-state index contributed by atoms with van der Waals surface area (Å²) < 4.78 is 5.42. The summed E-state index contributed by atoms with van der Waals surface area (Å²) >= 11 is 5.87. The first-order valence-corrected chi connectivity index (χ1v) is 8.15. The maximum Gasteiger partial charge on any atom is 0.255 e. The second kappa shape index (κ2) is 6.62. The first-order valence-electron chi connectivity index (χ1n) is 7.77. The fourth-order valence-corrected chi connectivity index (χ4v) is 3.04. The lowest BCUT2D eigenvalue weighted by Crippen LogP contribution is -2.45. The number of aryl methyl sites for hydroxylation is 2. The van der Waals surface area contributed by atoms with Crippen LogP contribution in [0.1, 0.15) is 34.7 Å². The minimum atomic E-state index is -0.0533. The van der Waals surface area contributed by atoms with Gasteiger partial charge in [0, 0.05) is 25.3 Å². The molecule has 1 aliphatic heterocycles. The number of nitrogens with one attached hydrogen (secondary N) is 1. The Morgan fingerprint density at radius 2 is 2.09 bits per heavy atom. The summed E-state index contributed by atoms with van der Waals surface area (Å²) in [6.45, 7) is 5.39. The molecule has 3 rings (SSSR count). The van der Waals surface area contributed by atoms with E-state index in [2.05, 4.69) is 15.2 Å². The molecule has 1 N–H and O–H groups in total. The normalized spacial score (nSPS) is 15.7. The predicted molar refractivity (Wildman–Crippen MR) is 90.1 cm³/mol. The second-order valence-electron chi connectivity index (χ2n) is 5.90. The molecule has 0 radical (unpaired) electrons. The highest BCUT2D eigenvalue weighted by Gasteiger charge is 2.23. The molecule has 1 aliphatic rings. The minimum Gasteiger partial charge on any atom is -0.466 e. The molecule has 1 saturated heterocycles. The summed E-state index contributed by atoms with van der Waals surface area (Å²) in [6.07, 6.45) is 3.45. The van der Waals surface area contributed by atoms with Gasteiger partial charge < -0.3 is 14.6 Å². The number of aromatic nitrogens is 1. The van der Waals surface area contributed by atoms with Gasteiger partial charge in [-0.2, -0.15) is 0 Å². The minimum absolute atomic E-state index is 0.0533. The zero-order valence-corrected chi connectivity index (χ0v) is 14.1. The van der Waals surface area contributed by atoms with Gasteiger partial charge in [-0.1, -0.05) is 11.6 Å². The van der Waals surface area contributed by atoms with Gasteiger partial charge in [-0.25, -0.2) is 4.98 Å². The molecule has 0 bridgehead atoms. The maximum atomic E-state index is 12.3. The standard InChI is InChI=1S/C17H20ClN3O2/c1-11-9-15(12(2)23-11)17(22)20-14-5-7-21(8-6-14)16-4-3-13(18)10-19-16/h3-4,9-10,14H,5-8H2,1-2H3,(H,20,22). The van der Waals surface area contributed by atoms with E-state index in [1.165, 1.54) is 0 Å². The first-order chi connectivity index (χ1) is 11.0. The van der Waals surface area contributed by atoms with Crippen molar-refractivity contribution >= 4 is 23.3 Å². The lowest BCUT2D eigenvalue weighted by atomic mass is 10.0. The van der Waals surface area contributed by atoms with E-state index >= 15 is 0 Å². The Morgan fingerprint density at radius 3 is 2.65 bits per heavy atom. The molecule has 1 amide bonds. The van der Waals surface area contributed by atoms with Crippen LogP contribution in [0, 0.1) is 13.8 Å². The molecule has 2 aromatic rings. The molecule has 5 nitrogen and oxygen atoms in total. The van der Waals surface area contributed by atoms with Crippen LogP contribution >= 0.6 is 11.6 Å². The highest BCUT2D eigenvalue weighted by Crippen LogP contribution is 2.20. The van der Waals surface area contributed by atoms with Gasteiger partial charge in [0.15, 0.2) is 0 Å². The van der Waals surface area contributed by atoms with Gasteiger partial charge in [-0.3, -0.25) is 4.79 Å². The van der Waals surface area contributed by atoms with Gasteiger partial charge in [-0.05, 0) is 44.9 Å². The summed E-state index contributed by atoms with van der Waals surface area (Å²) in [4.78, 5) is 18.9. The van der Waals surface area contributed by atoms with E-state index in [-0.39, 0.29) is 11.9 Å². The zero-order chi connectivity index (χ0) is 16.4. The number of carbonyl (C=O) groups excluding carboxylic acids is 1. The van der Waals surface area contributed by atoms with Gasteiger partial charge in [0.05, 0.1) is 10.6 Å². The highest BCUT2D eigenvalue weighted by atomic mass is 35.5. The van der Waals surface area contributed by atoms with Gasteiger partial charge in [0.25, 0.3) is 5.91 Å². The van der Waals surface area contributed by atoms with Crippen LogP contribution in [0.4, 0.5) is 5.82 Å². The third-order valence-corrected chi connectivity index (χ3v) is 4.38. The van der Waals surface area contributed by atoms with E-state index in [9.17, 15) is 4.79 Å². The molecule has 122 valence electrons. The summed E-state index contributed by atoms with van der Waals surface area (Å²) in [5.41, 5.74) is 0.629. The van der Waals surface area contributed by atoms with E-state index < -0.39 is 0 Å². The third kappa shape index (κ3) is 3.67. The number of pyridine rings is 1. The van der Waals surface area contributed by atoms with Gasteiger partial charge in [-0.15, -0.1) is 0 Å². The van der Waals surface area contributed by atoms with Crippen molar-refractivity contribution in [2.45, 2.75) is 32.7 Å². The monoisotopic (exact) mass is 333 g/mol. The number of rotatable bonds is 3. The number of halogens is 1. The van der Waals surface area contributed by atoms with E-state index in [4.69, 9.17) is 16.0 Å². The molecule has 2 aromatic heterocycles. The predicted octanol–water partition coefficient (Wildman–Crippen LogP) is 3.34. The molecule has 3 heterocycles. The molecule has 0 saturated carbocycles. The van der Waals surface area contributed by atoms with Crippen molar-refractivity contribution in [2.24, 2.45) is 0 Å². The molecule has 1 fully saturated rings. The SMILES string of the molecule is Cc1cc(C(=O)NC2CCN(c3ccc(Cl)cn3)CC2)c(C)o1. The molecule has 0 spiro atoms. The van der Waals surface area contributed by atoms with E-state index in [1.807, 2.05) is 26.0 Å². The van der Waals surface area contributed by atoms with Crippen molar-refractivity contribution in [3.8, 4) is 0 Å². The summed E-state index contributed by atoms with van der Waals surface area (Å²) in [6, 6.07) is 5.75. The van der Waals surface area contributed by atoms with Crippen molar-refractivity contribution in [3.63, 3.8) is 0 Å². The van der Waals surface area contributed by atoms with Crippen molar-refractivity contribution in [3.05, 3.63) is 46.5 Å². The number of amides is 1. The lowest BCUT2D eigenvalue weighted by molar-refractivity contribution is 0.0929.